The number of benzene rings is 1. The molecule has 27 heavy (non-hydrogen) atoms. The molecule has 1 atom stereocenters. The summed E-state index contributed by atoms with van der Waals surface area (Å²) in [5, 5.41) is 0.540. The summed E-state index contributed by atoms with van der Waals surface area (Å²) in [6.45, 7) is 1.93. The maximum atomic E-state index is 13.0. The first-order valence-corrected chi connectivity index (χ1v) is 9.87. The molecular formula is C20H20N4O2S. The predicted octanol–water partition coefficient (Wildman–Crippen LogP) is 3.38. The summed E-state index contributed by atoms with van der Waals surface area (Å²) in [5.74, 6) is 1.04. The van der Waals surface area contributed by atoms with Crippen molar-refractivity contribution < 1.29 is 8.95 Å². The van der Waals surface area contributed by atoms with Gasteiger partial charge in [0.15, 0.2) is 5.16 Å². The second-order valence-electron chi connectivity index (χ2n) is 6.29. The Morgan fingerprint density at radius 2 is 1.96 bits per heavy atom. The third-order valence-electron chi connectivity index (χ3n) is 4.68. The van der Waals surface area contributed by atoms with Crippen LogP contribution in [0.15, 0.2) is 60.1 Å². The van der Waals surface area contributed by atoms with Crippen LogP contribution in [0, 0.1) is 6.92 Å². The number of aryl methyl sites for hydroxylation is 1. The van der Waals surface area contributed by atoms with Gasteiger partial charge in [0.2, 0.25) is 0 Å². The lowest BCUT2D eigenvalue weighted by atomic mass is 10.2. The van der Waals surface area contributed by atoms with E-state index in [0.29, 0.717) is 10.9 Å². The molecule has 1 aromatic carbocycles. The van der Waals surface area contributed by atoms with Gasteiger partial charge in [-0.3, -0.25) is 9.19 Å². The average Bonchev–Trinajstić information content (AvgIpc) is 3.31. The van der Waals surface area contributed by atoms with Crippen molar-refractivity contribution >= 4 is 21.8 Å². The standard InChI is InChI=1S/C20H20N4O2S/c1-14-17(21-9-8-19(14)26-3)13-27(25)20-22-16-12-15(24-10-4-5-11-24)6-7-18(16)23(20)2/h4-12H,13H2,1-3H3/t27-/m1/s1. The summed E-state index contributed by atoms with van der Waals surface area (Å²) < 4.78 is 22.3. The molecule has 4 aromatic rings. The first-order chi connectivity index (χ1) is 13.1. The first-order valence-electron chi connectivity index (χ1n) is 8.55. The Balaban J connectivity index is 1.69. The zero-order valence-corrected chi connectivity index (χ0v) is 16.2. The number of rotatable bonds is 5. The van der Waals surface area contributed by atoms with E-state index >= 15 is 0 Å². The number of hydrogen-bond donors (Lipinski definition) is 0. The van der Waals surface area contributed by atoms with E-state index in [4.69, 9.17) is 4.74 Å². The highest BCUT2D eigenvalue weighted by molar-refractivity contribution is 7.84. The lowest BCUT2D eigenvalue weighted by Crippen LogP contribution is -2.07. The molecule has 0 aliphatic rings. The van der Waals surface area contributed by atoms with E-state index in [-0.39, 0.29) is 0 Å². The van der Waals surface area contributed by atoms with Gasteiger partial charge in [-0.1, -0.05) is 0 Å². The minimum Gasteiger partial charge on any atom is -0.496 e. The molecule has 0 spiro atoms. The van der Waals surface area contributed by atoms with E-state index in [9.17, 15) is 4.21 Å². The Morgan fingerprint density at radius 3 is 2.70 bits per heavy atom. The number of fused-ring (bicyclic) bond motifs is 1. The number of pyridine rings is 1. The van der Waals surface area contributed by atoms with Gasteiger partial charge < -0.3 is 13.9 Å². The van der Waals surface area contributed by atoms with E-state index in [0.717, 1.165) is 33.7 Å². The Hall–Kier alpha value is -2.93. The van der Waals surface area contributed by atoms with Gasteiger partial charge in [0.1, 0.15) is 5.75 Å². The minimum atomic E-state index is -1.32. The van der Waals surface area contributed by atoms with E-state index in [1.165, 1.54) is 0 Å². The third-order valence-corrected chi connectivity index (χ3v) is 5.98. The molecule has 3 aromatic heterocycles. The normalized spacial score (nSPS) is 12.4. The van der Waals surface area contributed by atoms with Gasteiger partial charge in [0.05, 0.1) is 40.4 Å². The Morgan fingerprint density at radius 1 is 1.19 bits per heavy atom. The maximum Gasteiger partial charge on any atom is 0.200 e. The number of methoxy groups -OCH3 is 1. The molecule has 0 saturated carbocycles. The van der Waals surface area contributed by atoms with Gasteiger partial charge >= 0.3 is 0 Å². The summed E-state index contributed by atoms with van der Waals surface area (Å²) in [5.41, 5.74) is 4.45. The van der Waals surface area contributed by atoms with Gasteiger partial charge in [-0.05, 0) is 43.3 Å². The average molecular weight is 380 g/mol. The van der Waals surface area contributed by atoms with Crippen molar-refractivity contribution in [3.05, 3.63) is 66.2 Å². The smallest absolute Gasteiger partial charge is 0.200 e. The van der Waals surface area contributed by atoms with Crippen molar-refractivity contribution in [2.45, 2.75) is 17.8 Å². The highest BCUT2D eigenvalue weighted by atomic mass is 32.2. The van der Waals surface area contributed by atoms with Crippen molar-refractivity contribution in [3.63, 3.8) is 0 Å². The zero-order chi connectivity index (χ0) is 19.0. The molecule has 4 rings (SSSR count). The van der Waals surface area contributed by atoms with Crippen LogP contribution in [0.1, 0.15) is 11.3 Å². The van der Waals surface area contributed by atoms with Crippen LogP contribution in [0.4, 0.5) is 0 Å². The highest BCUT2D eigenvalue weighted by Crippen LogP contribution is 2.24. The molecule has 138 valence electrons. The van der Waals surface area contributed by atoms with E-state index in [2.05, 4.69) is 9.97 Å². The summed E-state index contributed by atoms with van der Waals surface area (Å²) in [6, 6.07) is 11.8. The van der Waals surface area contributed by atoms with Crippen LogP contribution in [0.5, 0.6) is 5.75 Å². The molecule has 7 heteroatoms. The molecule has 0 saturated heterocycles. The van der Waals surface area contributed by atoms with Crippen LogP contribution in [0.2, 0.25) is 0 Å². The number of imidazole rings is 1. The maximum absolute atomic E-state index is 13.0. The number of aromatic nitrogens is 4. The van der Waals surface area contributed by atoms with Crippen LogP contribution in [-0.2, 0) is 23.6 Å². The molecule has 0 amide bonds. The van der Waals surface area contributed by atoms with E-state index in [1.54, 1.807) is 19.4 Å². The summed E-state index contributed by atoms with van der Waals surface area (Å²) in [7, 11) is 2.20. The minimum absolute atomic E-state index is 0.296. The molecule has 0 aliphatic carbocycles. The van der Waals surface area contributed by atoms with E-state index < -0.39 is 10.8 Å². The third kappa shape index (κ3) is 3.14. The Labute approximate surface area is 159 Å². The monoisotopic (exact) mass is 380 g/mol. The van der Waals surface area contributed by atoms with E-state index in [1.807, 2.05) is 65.8 Å². The topological polar surface area (TPSA) is 61.9 Å². The van der Waals surface area contributed by atoms with Crippen molar-refractivity contribution in [1.29, 1.82) is 0 Å². The lowest BCUT2D eigenvalue weighted by molar-refractivity contribution is 0.410. The summed E-state index contributed by atoms with van der Waals surface area (Å²) in [4.78, 5) is 9.01. The second-order valence-corrected chi connectivity index (χ2v) is 7.64. The van der Waals surface area contributed by atoms with Crippen LogP contribution < -0.4 is 4.74 Å². The molecular weight excluding hydrogens is 360 g/mol. The quantitative estimate of drug-likeness (QED) is 0.532. The number of hydrogen-bond acceptors (Lipinski definition) is 4. The molecule has 0 fully saturated rings. The van der Waals surface area contributed by atoms with Crippen molar-refractivity contribution in [3.8, 4) is 11.4 Å². The lowest BCUT2D eigenvalue weighted by Gasteiger charge is -2.09. The predicted molar refractivity (Wildman–Crippen MR) is 106 cm³/mol. The molecule has 0 bridgehead atoms. The van der Waals surface area contributed by atoms with Crippen molar-refractivity contribution in [2.24, 2.45) is 7.05 Å². The van der Waals surface area contributed by atoms with Crippen molar-refractivity contribution in [2.75, 3.05) is 7.11 Å². The summed E-state index contributed by atoms with van der Waals surface area (Å²) >= 11 is 0. The van der Waals surface area contributed by atoms with Crippen molar-refractivity contribution in [1.82, 2.24) is 19.1 Å². The van der Waals surface area contributed by atoms with Crippen LogP contribution in [0.25, 0.3) is 16.7 Å². The second kappa shape index (κ2) is 7.00. The fraction of sp³-hybridized carbons (Fsp3) is 0.200. The molecule has 0 radical (unpaired) electrons. The van der Waals surface area contributed by atoms with Gasteiger partial charge in [-0.15, -0.1) is 0 Å². The molecule has 0 N–H and O–H groups in total. The van der Waals surface area contributed by atoms with Gasteiger partial charge in [-0.25, -0.2) is 4.98 Å². The highest BCUT2D eigenvalue weighted by Gasteiger charge is 2.17. The molecule has 0 aliphatic heterocycles. The van der Waals surface area contributed by atoms with Crippen LogP contribution >= 0.6 is 0 Å². The number of ether oxygens (including phenoxy) is 1. The number of nitrogens with zero attached hydrogens (tertiary/aromatic N) is 4. The Kier molecular flexibility index (Phi) is 4.53. The van der Waals surface area contributed by atoms with Gasteiger partial charge in [0, 0.05) is 36.9 Å². The fourth-order valence-electron chi connectivity index (χ4n) is 3.15. The van der Waals surface area contributed by atoms with Crippen LogP contribution in [-0.4, -0.2) is 30.4 Å². The molecule has 0 unspecified atom stereocenters. The zero-order valence-electron chi connectivity index (χ0n) is 15.4. The largest absolute Gasteiger partial charge is 0.496 e. The van der Waals surface area contributed by atoms with Gasteiger partial charge in [0.25, 0.3) is 0 Å². The first kappa shape index (κ1) is 17.5. The summed E-state index contributed by atoms with van der Waals surface area (Å²) in [6.07, 6.45) is 5.65. The molecule has 6 nitrogen and oxygen atoms in total. The van der Waals surface area contributed by atoms with Gasteiger partial charge in [-0.2, -0.15) is 0 Å². The Bertz CT molecular complexity index is 1130. The SMILES string of the molecule is COc1ccnc(C[S@@](=O)c2nc3cc(-n4cccc4)ccc3n2C)c1C. The van der Waals surface area contributed by atoms with Crippen LogP contribution in [0.3, 0.4) is 0 Å². The fourth-order valence-corrected chi connectivity index (χ4v) is 4.42. The molecule has 3 heterocycles.